The Morgan fingerprint density at radius 3 is 2.85 bits per heavy atom. The summed E-state index contributed by atoms with van der Waals surface area (Å²) < 4.78 is 10.4. The maximum atomic E-state index is 11.5. The summed E-state index contributed by atoms with van der Waals surface area (Å²) in [6.07, 6.45) is 3.39. The van der Waals surface area contributed by atoms with Gasteiger partial charge in [-0.2, -0.15) is 4.37 Å². The molecule has 6 nitrogen and oxygen atoms in total. The third-order valence-electron chi connectivity index (χ3n) is 6.15. The number of carboxylic acids is 1. The van der Waals surface area contributed by atoms with E-state index < -0.39 is 5.97 Å². The van der Waals surface area contributed by atoms with E-state index in [1.807, 2.05) is 38.1 Å². The number of halogens is 1. The molecule has 1 saturated heterocycles. The van der Waals surface area contributed by atoms with Crippen molar-refractivity contribution in [1.29, 1.82) is 0 Å². The fourth-order valence-electron chi connectivity index (χ4n) is 4.57. The molecule has 0 aliphatic carbocycles. The van der Waals surface area contributed by atoms with Crippen LogP contribution in [-0.4, -0.2) is 50.6 Å². The van der Waals surface area contributed by atoms with E-state index in [-0.39, 0.29) is 12.1 Å². The van der Waals surface area contributed by atoms with E-state index in [0.717, 1.165) is 54.9 Å². The van der Waals surface area contributed by atoms with E-state index in [9.17, 15) is 9.90 Å². The van der Waals surface area contributed by atoms with Crippen molar-refractivity contribution in [1.82, 2.24) is 14.3 Å². The lowest BCUT2D eigenvalue weighted by Gasteiger charge is -2.22. The molecule has 0 amide bonds. The average Bonchev–Trinajstić information content (AvgIpc) is 3.48. The molecule has 0 bridgehead atoms. The fourth-order valence-corrected chi connectivity index (χ4v) is 5.46. The fraction of sp³-hybridized carbons (Fsp3) is 0.423. The molecule has 1 aliphatic rings. The second kappa shape index (κ2) is 10.8. The normalized spacial score (nSPS) is 16.3. The quantitative estimate of drug-likeness (QED) is 0.391. The van der Waals surface area contributed by atoms with Crippen molar-refractivity contribution >= 4 is 29.1 Å². The predicted octanol–water partition coefficient (Wildman–Crippen LogP) is 5.97. The van der Waals surface area contributed by atoms with Gasteiger partial charge in [-0.1, -0.05) is 36.7 Å². The Morgan fingerprint density at radius 2 is 2.15 bits per heavy atom. The second-order valence-electron chi connectivity index (χ2n) is 8.81. The Kier molecular flexibility index (Phi) is 7.86. The molecule has 0 radical (unpaired) electrons. The highest BCUT2D eigenvalue weighted by molar-refractivity contribution is 7.09. The molecule has 2 aromatic carbocycles. The first kappa shape index (κ1) is 24.6. The molecule has 1 atom stereocenters. The van der Waals surface area contributed by atoms with E-state index in [1.54, 1.807) is 0 Å². The van der Waals surface area contributed by atoms with Crippen molar-refractivity contribution < 1.29 is 14.6 Å². The number of ether oxygens (including phenoxy) is 1. The first-order chi connectivity index (χ1) is 16.4. The van der Waals surface area contributed by atoms with Crippen molar-refractivity contribution in [3.63, 3.8) is 0 Å². The number of rotatable bonds is 9. The van der Waals surface area contributed by atoms with Crippen LogP contribution in [0.25, 0.3) is 22.0 Å². The molecule has 4 rings (SSSR count). The van der Waals surface area contributed by atoms with Crippen molar-refractivity contribution in [2.24, 2.45) is 0 Å². The zero-order chi connectivity index (χ0) is 24.2. The van der Waals surface area contributed by atoms with Gasteiger partial charge in [0.2, 0.25) is 0 Å². The number of benzene rings is 2. The molecule has 1 aromatic heterocycles. The van der Waals surface area contributed by atoms with E-state index in [2.05, 4.69) is 28.3 Å². The molecule has 1 N–H and O–H groups in total. The van der Waals surface area contributed by atoms with Gasteiger partial charge in [0.15, 0.2) is 5.82 Å². The molecule has 2 heterocycles. The maximum Gasteiger partial charge on any atom is 0.320 e. The van der Waals surface area contributed by atoms with Gasteiger partial charge in [-0.25, -0.2) is 4.98 Å². The van der Waals surface area contributed by atoms with Gasteiger partial charge in [0.25, 0.3) is 0 Å². The molecule has 3 aromatic rings. The molecule has 8 heteroatoms. The lowest BCUT2D eigenvalue weighted by atomic mass is 9.96. The van der Waals surface area contributed by atoms with Gasteiger partial charge in [-0.15, -0.1) is 0 Å². The molecule has 0 saturated carbocycles. The summed E-state index contributed by atoms with van der Waals surface area (Å²) in [7, 11) is 0. The van der Waals surface area contributed by atoms with Gasteiger partial charge in [-0.3, -0.25) is 9.69 Å². The Balaban J connectivity index is 1.55. The molecular weight excluding hydrogens is 470 g/mol. The minimum atomic E-state index is -0.718. The van der Waals surface area contributed by atoms with Gasteiger partial charge in [0, 0.05) is 17.7 Å². The molecule has 0 unspecified atom stereocenters. The predicted molar refractivity (Wildman–Crippen MR) is 137 cm³/mol. The Morgan fingerprint density at radius 1 is 1.32 bits per heavy atom. The number of carboxylic acid groups (broad SMARTS) is 1. The Labute approximate surface area is 209 Å². The van der Waals surface area contributed by atoms with Crippen LogP contribution in [0.5, 0.6) is 5.75 Å². The summed E-state index contributed by atoms with van der Waals surface area (Å²) >= 11 is 7.78. The van der Waals surface area contributed by atoms with Crippen LogP contribution in [0.3, 0.4) is 0 Å². The lowest BCUT2D eigenvalue weighted by Crippen LogP contribution is -2.37. The van der Waals surface area contributed by atoms with Crippen molar-refractivity contribution in [2.45, 2.75) is 58.6 Å². The van der Waals surface area contributed by atoms with Crippen LogP contribution in [0.4, 0.5) is 0 Å². The van der Waals surface area contributed by atoms with E-state index >= 15 is 0 Å². The number of aromatic nitrogens is 2. The van der Waals surface area contributed by atoms with Crippen LogP contribution in [0, 0.1) is 0 Å². The topological polar surface area (TPSA) is 75.6 Å². The minimum absolute atomic E-state index is 0.0525. The second-order valence-corrected chi connectivity index (χ2v) is 9.97. The third-order valence-corrected chi connectivity index (χ3v) is 7.21. The largest absolute Gasteiger partial charge is 0.489 e. The third kappa shape index (κ3) is 5.43. The van der Waals surface area contributed by atoms with Crippen LogP contribution in [-0.2, 0) is 17.6 Å². The molecular formula is C26H30ClN3O3S. The summed E-state index contributed by atoms with van der Waals surface area (Å²) in [6, 6.07) is 11.6. The van der Waals surface area contributed by atoms with Gasteiger partial charge < -0.3 is 9.84 Å². The summed E-state index contributed by atoms with van der Waals surface area (Å²) in [5.74, 6) is 0.654. The van der Waals surface area contributed by atoms with Crippen LogP contribution < -0.4 is 4.74 Å². The maximum absolute atomic E-state index is 11.5. The molecule has 1 aliphatic heterocycles. The SMILES string of the molecule is CCc1c(CCN2CCC[C@@H]2C(=O)O)cccc1-c1nsc(-c2ccc(OC(C)C)c(Cl)c2)n1. The van der Waals surface area contributed by atoms with Gasteiger partial charge in [-0.05, 0) is 86.9 Å². The number of hydrogen-bond acceptors (Lipinski definition) is 6. The number of aliphatic carboxylic acids is 1. The molecule has 1 fully saturated rings. The van der Waals surface area contributed by atoms with E-state index in [4.69, 9.17) is 21.3 Å². The molecule has 0 spiro atoms. The Hall–Kier alpha value is -2.48. The summed E-state index contributed by atoms with van der Waals surface area (Å²) in [6.45, 7) is 7.66. The zero-order valence-electron chi connectivity index (χ0n) is 19.8. The van der Waals surface area contributed by atoms with Crippen LogP contribution in [0.15, 0.2) is 36.4 Å². The monoisotopic (exact) mass is 499 g/mol. The van der Waals surface area contributed by atoms with Gasteiger partial charge >= 0.3 is 5.97 Å². The van der Waals surface area contributed by atoms with Gasteiger partial charge in [0.05, 0.1) is 11.1 Å². The van der Waals surface area contributed by atoms with Crippen LogP contribution in [0.1, 0.15) is 44.7 Å². The first-order valence-corrected chi connectivity index (χ1v) is 12.9. The Bertz CT molecular complexity index is 1160. The van der Waals surface area contributed by atoms with Crippen LogP contribution in [0.2, 0.25) is 5.02 Å². The zero-order valence-corrected chi connectivity index (χ0v) is 21.3. The van der Waals surface area contributed by atoms with Crippen molar-refractivity contribution in [2.75, 3.05) is 13.1 Å². The van der Waals surface area contributed by atoms with Crippen LogP contribution >= 0.6 is 23.1 Å². The average molecular weight is 500 g/mol. The number of likely N-dealkylation sites (tertiary alicyclic amines) is 1. The molecule has 180 valence electrons. The molecule has 34 heavy (non-hydrogen) atoms. The van der Waals surface area contributed by atoms with Gasteiger partial charge in [0.1, 0.15) is 16.8 Å². The standard InChI is InChI=1S/C26H30ClN3O3S/c1-4-19-17(12-14-30-13-6-9-22(30)26(31)32)7-5-8-20(19)24-28-25(34-29-24)18-10-11-23(21(27)15-18)33-16(2)3/h5,7-8,10-11,15-16,22H,4,6,9,12-14H2,1-3H3,(H,31,32)/t22-/m1/s1. The van der Waals surface area contributed by atoms with E-state index in [0.29, 0.717) is 16.6 Å². The summed E-state index contributed by atoms with van der Waals surface area (Å²) in [4.78, 5) is 18.4. The number of carbonyl (C=O) groups is 1. The summed E-state index contributed by atoms with van der Waals surface area (Å²) in [5.41, 5.74) is 4.39. The van der Waals surface area contributed by atoms with Crippen molar-refractivity contribution in [3.05, 3.63) is 52.5 Å². The smallest absolute Gasteiger partial charge is 0.320 e. The first-order valence-electron chi connectivity index (χ1n) is 11.8. The van der Waals surface area contributed by atoms with Crippen molar-refractivity contribution in [3.8, 4) is 27.7 Å². The summed E-state index contributed by atoms with van der Waals surface area (Å²) in [5, 5.41) is 10.8. The van der Waals surface area contributed by atoms with E-state index in [1.165, 1.54) is 22.7 Å². The number of nitrogens with zero attached hydrogens (tertiary/aromatic N) is 3. The minimum Gasteiger partial charge on any atom is -0.489 e. The number of hydrogen-bond donors (Lipinski definition) is 1. The lowest BCUT2D eigenvalue weighted by molar-refractivity contribution is -0.142. The highest BCUT2D eigenvalue weighted by Crippen LogP contribution is 2.34. The highest BCUT2D eigenvalue weighted by atomic mass is 35.5. The highest BCUT2D eigenvalue weighted by Gasteiger charge is 2.30.